The number of esters is 1. The summed E-state index contributed by atoms with van der Waals surface area (Å²) in [5.74, 6) is -0.311. The van der Waals surface area contributed by atoms with E-state index in [0.29, 0.717) is 9.52 Å². The summed E-state index contributed by atoms with van der Waals surface area (Å²) in [6, 6.07) is 1.19. The maximum atomic E-state index is 11.1. The third-order valence-electron chi connectivity index (χ3n) is 4.57. The Hall–Kier alpha value is 0.00688. The smallest absolute Gasteiger partial charge is 0.330 e. The minimum atomic E-state index is -0.311. The van der Waals surface area contributed by atoms with E-state index in [2.05, 4.69) is 6.58 Å². The minimum absolute atomic E-state index is 0.0125. The average Bonchev–Trinajstić information content (AvgIpc) is 2.60. The van der Waals surface area contributed by atoms with Gasteiger partial charge in [0.05, 0.1) is 20.1 Å². The number of rotatable bonds is 19. The minimum Gasteiger partial charge on any atom is -0.460 e. The van der Waals surface area contributed by atoms with E-state index in [-0.39, 0.29) is 16.5 Å². The highest BCUT2D eigenvalue weighted by Gasteiger charge is 2.05. The fraction of sp³-hybridized carbons (Fsp3) is 0.857. The molecule has 152 valence electrons. The Kier molecular flexibility index (Phi) is 19.8. The van der Waals surface area contributed by atoms with Crippen LogP contribution in [0.4, 0.5) is 0 Å². The highest BCUT2D eigenvalue weighted by molar-refractivity contribution is 6.68. The van der Waals surface area contributed by atoms with E-state index in [4.69, 9.17) is 27.9 Å². The molecule has 0 aromatic carbocycles. The van der Waals surface area contributed by atoms with Crippen LogP contribution < -0.4 is 0 Å². The van der Waals surface area contributed by atoms with E-state index in [9.17, 15) is 4.79 Å². The van der Waals surface area contributed by atoms with Gasteiger partial charge in [-0.2, -0.15) is 0 Å². The molecule has 0 heterocycles. The van der Waals surface area contributed by atoms with Gasteiger partial charge in [0.25, 0.3) is 0 Å². The molecule has 0 aliphatic heterocycles. The molecule has 0 aromatic rings. The van der Waals surface area contributed by atoms with Gasteiger partial charge in [0.15, 0.2) is 0 Å². The molecule has 0 rings (SSSR count). The Labute approximate surface area is 174 Å². The molecule has 0 aliphatic carbocycles. The predicted molar refractivity (Wildman–Crippen MR) is 116 cm³/mol. The standard InChI is InChI=1S/C21H38Cl2O2Si/c1-3-20(24)25-19(2)17-15-13-11-9-7-5-4-6-8-10-12-14-16-18-26-21(22)23/h3,19,21H,1,4-18H2,2H3. The van der Waals surface area contributed by atoms with Gasteiger partial charge >= 0.3 is 5.97 Å². The Balaban J connectivity index is 3.13. The van der Waals surface area contributed by atoms with Crippen LogP contribution in [0.5, 0.6) is 0 Å². The van der Waals surface area contributed by atoms with E-state index < -0.39 is 0 Å². The van der Waals surface area contributed by atoms with Gasteiger partial charge < -0.3 is 4.74 Å². The van der Waals surface area contributed by atoms with Gasteiger partial charge in [-0.3, -0.25) is 0 Å². The summed E-state index contributed by atoms with van der Waals surface area (Å²) in [5.41, 5.74) is 0. The summed E-state index contributed by atoms with van der Waals surface area (Å²) < 4.78 is 5.01. The van der Waals surface area contributed by atoms with Crippen LogP contribution in [0.15, 0.2) is 12.7 Å². The highest BCUT2D eigenvalue weighted by atomic mass is 35.5. The molecule has 0 fully saturated rings. The SMILES string of the molecule is C=CC(=O)OC(C)CCCCCCCCCCCCCCC[Si]C(Cl)Cl. The van der Waals surface area contributed by atoms with Crippen LogP contribution in [0.3, 0.4) is 0 Å². The molecule has 0 aliphatic rings. The maximum absolute atomic E-state index is 11.1. The zero-order valence-corrected chi connectivity index (χ0v) is 19.1. The van der Waals surface area contributed by atoms with Crippen molar-refractivity contribution >= 4 is 38.7 Å². The normalized spacial score (nSPS) is 12.3. The molecule has 26 heavy (non-hydrogen) atoms. The zero-order valence-electron chi connectivity index (χ0n) is 16.6. The molecular weight excluding hydrogens is 383 g/mol. The summed E-state index contributed by atoms with van der Waals surface area (Å²) >= 11 is 11.5. The van der Waals surface area contributed by atoms with Crippen LogP contribution in [0.1, 0.15) is 96.8 Å². The summed E-state index contributed by atoms with van der Waals surface area (Å²) in [6.45, 7) is 5.37. The van der Waals surface area contributed by atoms with Gasteiger partial charge in [-0.15, -0.1) is 23.2 Å². The van der Waals surface area contributed by atoms with Crippen molar-refractivity contribution in [3.63, 3.8) is 0 Å². The molecule has 0 spiro atoms. The molecule has 2 radical (unpaired) electrons. The number of hydrogen-bond donors (Lipinski definition) is 0. The molecule has 0 bridgehead atoms. The maximum Gasteiger partial charge on any atom is 0.330 e. The van der Waals surface area contributed by atoms with Crippen LogP contribution in [-0.4, -0.2) is 26.1 Å². The van der Waals surface area contributed by atoms with Crippen molar-refractivity contribution in [1.82, 2.24) is 0 Å². The molecule has 0 saturated carbocycles. The molecular formula is C21H38Cl2O2Si. The number of alkyl halides is 2. The van der Waals surface area contributed by atoms with Crippen LogP contribution in [0.2, 0.25) is 6.04 Å². The summed E-state index contributed by atoms with van der Waals surface area (Å²) in [5, 5.41) is 0. The molecule has 1 atom stereocenters. The number of carbonyl (C=O) groups excluding carboxylic acids is 1. The van der Waals surface area contributed by atoms with E-state index in [1.165, 1.54) is 89.2 Å². The second-order valence-corrected chi connectivity index (χ2v) is 10.4. The largest absolute Gasteiger partial charge is 0.460 e. The number of carbonyl (C=O) groups is 1. The average molecular weight is 422 g/mol. The molecule has 1 unspecified atom stereocenters. The first-order valence-corrected chi connectivity index (χ1v) is 12.6. The van der Waals surface area contributed by atoms with Crippen molar-refractivity contribution in [2.24, 2.45) is 0 Å². The quantitative estimate of drug-likeness (QED) is 0.0712. The number of hydrogen-bond acceptors (Lipinski definition) is 2. The summed E-state index contributed by atoms with van der Waals surface area (Å²) in [6.07, 6.45) is 19.5. The highest BCUT2D eigenvalue weighted by Crippen LogP contribution is 2.14. The third kappa shape index (κ3) is 20.3. The van der Waals surface area contributed by atoms with Crippen LogP contribution in [0.25, 0.3) is 0 Å². The first-order chi connectivity index (χ1) is 12.6. The lowest BCUT2D eigenvalue weighted by Crippen LogP contribution is -2.12. The van der Waals surface area contributed by atoms with Crippen molar-refractivity contribution in [2.75, 3.05) is 0 Å². The number of ether oxygens (including phenoxy) is 1. The van der Waals surface area contributed by atoms with Gasteiger partial charge in [-0.25, -0.2) is 4.79 Å². The van der Waals surface area contributed by atoms with E-state index in [0.717, 1.165) is 12.8 Å². The van der Waals surface area contributed by atoms with Gasteiger partial charge in [0.1, 0.15) is 0 Å². The molecule has 2 nitrogen and oxygen atoms in total. The lowest BCUT2D eigenvalue weighted by atomic mass is 10.0. The lowest BCUT2D eigenvalue weighted by Gasteiger charge is -2.11. The third-order valence-corrected chi connectivity index (χ3v) is 6.45. The van der Waals surface area contributed by atoms with Crippen LogP contribution >= 0.6 is 23.2 Å². The fourth-order valence-electron chi connectivity index (χ4n) is 3.02. The Morgan fingerprint density at radius 1 is 0.885 bits per heavy atom. The molecule has 0 saturated heterocycles. The molecule has 0 amide bonds. The van der Waals surface area contributed by atoms with Crippen molar-refractivity contribution in [3.8, 4) is 0 Å². The van der Waals surface area contributed by atoms with Gasteiger partial charge in [0, 0.05) is 6.08 Å². The van der Waals surface area contributed by atoms with Crippen molar-refractivity contribution in [3.05, 3.63) is 12.7 Å². The second-order valence-electron chi connectivity index (χ2n) is 7.09. The van der Waals surface area contributed by atoms with Gasteiger partial charge in [-0.1, -0.05) is 89.7 Å². The summed E-state index contributed by atoms with van der Waals surface area (Å²) in [7, 11) is 0.705. The first kappa shape index (κ1) is 26.0. The predicted octanol–water partition coefficient (Wildman–Crippen LogP) is 7.45. The fourth-order valence-corrected chi connectivity index (χ4v) is 4.34. The molecule has 5 heteroatoms. The lowest BCUT2D eigenvalue weighted by molar-refractivity contribution is -0.142. The first-order valence-electron chi connectivity index (χ1n) is 10.4. The van der Waals surface area contributed by atoms with Crippen molar-refractivity contribution in [1.29, 1.82) is 0 Å². The van der Waals surface area contributed by atoms with Crippen molar-refractivity contribution < 1.29 is 9.53 Å². The monoisotopic (exact) mass is 420 g/mol. The molecule has 0 aromatic heterocycles. The number of unbranched alkanes of at least 4 members (excludes halogenated alkanes) is 12. The second kappa shape index (κ2) is 19.8. The Bertz CT molecular complexity index is 338. The van der Waals surface area contributed by atoms with E-state index in [1.54, 1.807) is 0 Å². The summed E-state index contributed by atoms with van der Waals surface area (Å²) in [4.78, 5) is 11.1. The van der Waals surface area contributed by atoms with Gasteiger partial charge in [-0.05, 0) is 19.8 Å². The Morgan fingerprint density at radius 3 is 1.73 bits per heavy atom. The molecule has 0 N–H and O–H groups in total. The van der Waals surface area contributed by atoms with Crippen LogP contribution in [-0.2, 0) is 9.53 Å². The van der Waals surface area contributed by atoms with E-state index in [1.807, 2.05) is 6.92 Å². The van der Waals surface area contributed by atoms with Crippen LogP contribution in [0, 0.1) is 0 Å². The van der Waals surface area contributed by atoms with Gasteiger partial charge in [0.2, 0.25) is 0 Å². The topological polar surface area (TPSA) is 26.3 Å². The number of halogens is 2. The van der Waals surface area contributed by atoms with Crippen molar-refractivity contribution in [2.45, 2.75) is 113 Å². The van der Waals surface area contributed by atoms with E-state index >= 15 is 0 Å². The zero-order chi connectivity index (χ0) is 19.5. The Morgan fingerprint density at radius 2 is 1.31 bits per heavy atom.